The third-order valence-corrected chi connectivity index (χ3v) is 10.5. The van der Waals surface area contributed by atoms with E-state index in [2.05, 4.69) is 26.0 Å². The van der Waals surface area contributed by atoms with Gasteiger partial charge in [-0.25, -0.2) is 0 Å². The molecule has 0 bridgehead atoms. The predicted molar refractivity (Wildman–Crippen MR) is 131 cm³/mol. The SMILES string of the molecule is CC(=O)O[C@@H]1CC[C@@]2(C)[C@@H](CC[C@@H]3[C@@H]2CC[C@]2(C)[C@@H](C(=O)/C=C/c4ccccc4)CC[C@@H]32)C1. The number of benzene rings is 1. The number of esters is 1. The number of carbonyl (C=O) groups excluding carboxylic acids is 2. The van der Waals surface area contributed by atoms with Crippen molar-refractivity contribution in [2.75, 3.05) is 0 Å². The molecule has 0 heterocycles. The first-order valence-electron chi connectivity index (χ1n) is 13.3. The van der Waals surface area contributed by atoms with Crippen LogP contribution in [-0.4, -0.2) is 17.9 Å². The highest BCUT2D eigenvalue weighted by Gasteiger charge is 2.61. The Hall–Kier alpha value is -1.90. The fourth-order valence-electron chi connectivity index (χ4n) is 8.89. The molecule has 5 rings (SSSR count). The summed E-state index contributed by atoms with van der Waals surface area (Å²) in [5, 5.41) is 0. The van der Waals surface area contributed by atoms with E-state index in [1.54, 1.807) is 6.92 Å². The van der Waals surface area contributed by atoms with Crippen LogP contribution in [0.5, 0.6) is 0 Å². The number of ether oxygens (including phenoxy) is 1. The number of allylic oxidation sites excluding steroid dienone is 1. The lowest BCUT2D eigenvalue weighted by atomic mass is 9.44. The van der Waals surface area contributed by atoms with Crippen molar-refractivity contribution in [3.63, 3.8) is 0 Å². The minimum atomic E-state index is -0.131. The van der Waals surface area contributed by atoms with Crippen LogP contribution in [0.4, 0.5) is 0 Å². The highest BCUT2D eigenvalue weighted by molar-refractivity contribution is 5.96. The number of rotatable bonds is 4. The Kier molecular flexibility index (Phi) is 6.04. The summed E-state index contributed by atoms with van der Waals surface area (Å²) in [5.41, 5.74) is 1.62. The van der Waals surface area contributed by atoms with E-state index < -0.39 is 0 Å². The lowest BCUT2D eigenvalue weighted by molar-refractivity contribution is -0.160. The van der Waals surface area contributed by atoms with Crippen LogP contribution in [0.1, 0.15) is 84.1 Å². The number of hydrogen-bond donors (Lipinski definition) is 0. The van der Waals surface area contributed by atoms with Gasteiger partial charge < -0.3 is 4.74 Å². The van der Waals surface area contributed by atoms with Crippen LogP contribution in [0.15, 0.2) is 36.4 Å². The molecule has 33 heavy (non-hydrogen) atoms. The van der Waals surface area contributed by atoms with Crippen LogP contribution >= 0.6 is 0 Å². The van der Waals surface area contributed by atoms with Gasteiger partial charge in [-0.1, -0.05) is 50.3 Å². The molecule has 1 aromatic rings. The van der Waals surface area contributed by atoms with Gasteiger partial charge in [-0.15, -0.1) is 0 Å². The Morgan fingerprint density at radius 3 is 2.39 bits per heavy atom. The van der Waals surface area contributed by atoms with E-state index in [1.165, 1.54) is 38.5 Å². The van der Waals surface area contributed by atoms with Gasteiger partial charge in [0.15, 0.2) is 5.78 Å². The molecule has 0 aromatic heterocycles. The maximum atomic E-state index is 13.3. The summed E-state index contributed by atoms with van der Waals surface area (Å²) >= 11 is 0. The highest BCUT2D eigenvalue weighted by atomic mass is 16.5. The van der Waals surface area contributed by atoms with Crippen LogP contribution in [0.3, 0.4) is 0 Å². The van der Waals surface area contributed by atoms with Gasteiger partial charge in [-0.2, -0.15) is 0 Å². The molecule has 4 saturated carbocycles. The maximum Gasteiger partial charge on any atom is 0.302 e. The molecule has 4 fully saturated rings. The van der Waals surface area contributed by atoms with Gasteiger partial charge in [0.1, 0.15) is 6.10 Å². The molecule has 1 aromatic carbocycles. The summed E-state index contributed by atoms with van der Waals surface area (Å²) in [7, 11) is 0. The van der Waals surface area contributed by atoms with Crippen LogP contribution < -0.4 is 0 Å². The second-order valence-electron chi connectivity index (χ2n) is 12.0. The zero-order valence-corrected chi connectivity index (χ0v) is 20.6. The summed E-state index contributed by atoms with van der Waals surface area (Å²) in [5.74, 6) is 3.26. The summed E-state index contributed by atoms with van der Waals surface area (Å²) in [6.45, 7) is 6.52. The molecule has 0 radical (unpaired) electrons. The third-order valence-electron chi connectivity index (χ3n) is 10.5. The molecule has 178 valence electrons. The van der Waals surface area contributed by atoms with E-state index >= 15 is 0 Å². The number of hydrogen-bond acceptors (Lipinski definition) is 3. The Morgan fingerprint density at radius 2 is 1.64 bits per heavy atom. The standard InChI is InChI=1S/C30H40O3/c1-20(31)33-23-15-17-29(2)22(19-23)10-11-24-25-12-13-27(30(25,3)18-16-26(24)29)28(32)14-9-21-7-5-4-6-8-21/h4-9,14,22-27H,10-13,15-19H2,1-3H3/b14-9+/t22-,23+,24-,25-,26-,27+,29-,30-/m0/s1. The summed E-state index contributed by atoms with van der Waals surface area (Å²) < 4.78 is 5.62. The quantitative estimate of drug-likeness (QED) is 0.373. The van der Waals surface area contributed by atoms with Crippen LogP contribution in [0.2, 0.25) is 0 Å². The Morgan fingerprint density at radius 1 is 0.909 bits per heavy atom. The molecule has 4 aliphatic carbocycles. The topological polar surface area (TPSA) is 43.4 Å². The van der Waals surface area contributed by atoms with Crippen molar-refractivity contribution in [1.29, 1.82) is 0 Å². The first-order valence-corrected chi connectivity index (χ1v) is 13.3. The lowest BCUT2D eigenvalue weighted by Crippen LogP contribution is -2.54. The van der Waals surface area contributed by atoms with Crippen molar-refractivity contribution >= 4 is 17.8 Å². The fourth-order valence-corrected chi connectivity index (χ4v) is 8.89. The van der Waals surface area contributed by atoms with E-state index in [9.17, 15) is 9.59 Å². The first-order chi connectivity index (χ1) is 15.8. The summed E-state index contributed by atoms with van der Waals surface area (Å²) in [6, 6.07) is 10.2. The largest absolute Gasteiger partial charge is 0.463 e. The van der Waals surface area contributed by atoms with Gasteiger partial charge in [0.05, 0.1) is 0 Å². The van der Waals surface area contributed by atoms with Crippen LogP contribution in [0.25, 0.3) is 6.08 Å². The monoisotopic (exact) mass is 448 g/mol. The van der Waals surface area contributed by atoms with Crippen molar-refractivity contribution in [3.05, 3.63) is 42.0 Å². The van der Waals surface area contributed by atoms with Crippen molar-refractivity contribution < 1.29 is 14.3 Å². The van der Waals surface area contributed by atoms with Crippen molar-refractivity contribution in [2.24, 2.45) is 40.4 Å². The third kappa shape index (κ3) is 4.00. The normalized spacial score (nSPS) is 42.3. The molecule has 8 atom stereocenters. The van der Waals surface area contributed by atoms with E-state index in [0.717, 1.165) is 36.7 Å². The van der Waals surface area contributed by atoms with Gasteiger partial charge in [0, 0.05) is 12.8 Å². The molecule has 0 amide bonds. The van der Waals surface area contributed by atoms with E-state index in [1.807, 2.05) is 30.4 Å². The van der Waals surface area contributed by atoms with Gasteiger partial charge in [0.2, 0.25) is 0 Å². The van der Waals surface area contributed by atoms with Gasteiger partial charge in [-0.05, 0) is 104 Å². The minimum Gasteiger partial charge on any atom is -0.463 e. The smallest absolute Gasteiger partial charge is 0.302 e. The average molecular weight is 449 g/mol. The molecule has 0 unspecified atom stereocenters. The lowest BCUT2D eigenvalue weighted by Gasteiger charge is -2.61. The molecule has 0 N–H and O–H groups in total. The molecule has 4 aliphatic rings. The predicted octanol–water partition coefficient (Wildman–Crippen LogP) is 6.86. The number of fused-ring (bicyclic) bond motifs is 5. The first kappa shape index (κ1) is 22.9. The Bertz CT molecular complexity index is 920. The molecule has 0 aliphatic heterocycles. The maximum absolute atomic E-state index is 13.3. The second kappa shape index (κ2) is 8.71. The Balaban J connectivity index is 1.30. The molecule has 3 heteroatoms. The summed E-state index contributed by atoms with van der Waals surface area (Å²) in [6.07, 6.45) is 14.5. The molecule has 0 spiro atoms. The van der Waals surface area contributed by atoms with Crippen molar-refractivity contribution in [3.8, 4) is 0 Å². The molecular formula is C30H40O3. The van der Waals surface area contributed by atoms with E-state index in [4.69, 9.17) is 4.74 Å². The van der Waals surface area contributed by atoms with Crippen molar-refractivity contribution in [1.82, 2.24) is 0 Å². The minimum absolute atomic E-state index is 0.121. The fraction of sp³-hybridized carbons (Fsp3) is 0.667. The zero-order valence-electron chi connectivity index (χ0n) is 20.6. The van der Waals surface area contributed by atoms with Crippen LogP contribution in [-0.2, 0) is 14.3 Å². The number of ketones is 1. The van der Waals surface area contributed by atoms with E-state index in [-0.39, 0.29) is 23.4 Å². The van der Waals surface area contributed by atoms with Gasteiger partial charge in [-0.3, -0.25) is 9.59 Å². The highest BCUT2D eigenvalue weighted by Crippen LogP contribution is 2.67. The molecule has 0 saturated heterocycles. The van der Waals surface area contributed by atoms with Crippen molar-refractivity contribution in [2.45, 2.75) is 84.7 Å². The van der Waals surface area contributed by atoms with Crippen LogP contribution in [0, 0.1) is 40.4 Å². The van der Waals surface area contributed by atoms with Gasteiger partial charge >= 0.3 is 5.97 Å². The summed E-state index contributed by atoms with van der Waals surface area (Å²) in [4.78, 5) is 24.8. The zero-order chi connectivity index (χ0) is 23.2. The molecule has 3 nitrogen and oxygen atoms in total. The molecular weight excluding hydrogens is 408 g/mol. The number of carbonyl (C=O) groups is 2. The second-order valence-corrected chi connectivity index (χ2v) is 12.0. The van der Waals surface area contributed by atoms with E-state index in [0.29, 0.717) is 23.0 Å². The Labute approximate surface area is 199 Å². The average Bonchev–Trinajstić information content (AvgIpc) is 3.15. The van der Waals surface area contributed by atoms with Gasteiger partial charge in [0.25, 0.3) is 0 Å².